The van der Waals surface area contributed by atoms with Crippen LogP contribution in [0.3, 0.4) is 0 Å². The molecule has 32 heavy (non-hydrogen) atoms. The standard InChI is InChI=1S/C27H27FN2O2/c28-24-13-9-21(10-14-24)19-30(27(32)23-11-12-23)25-8-4-7-22(17-25)18-26(31)29-16-15-20-5-2-1-3-6-20/h1-10,13-14,17,23H,11-12,15-16,18-19H2,(H,29,31). The van der Waals surface area contributed by atoms with Crippen LogP contribution in [-0.4, -0.2) is 18.4 Å². The fourth-order valence-electron chi connectivity index (χ4n) is 3.69. The summed E-state index contributed by atoms with van der Waals surface area (Å²) in [5.74, 6) is -0.204. The van der Waals surface area contributed by atoms with Gasteiger partial charge in [0, 0.05) is 18.2 Å². The van der Waals surface area contributed by atoms with Crippen LogP contribution in [0.1, 0.15) is 29.5 Å². The van der Waals surface area contributed by atoms with Crippen LogP contribution in [0.2, 0.25) is 0 Å². The number of hydrogen-bond donors (Lipinski definition) is 1. The first-order valence-corrected chi connectivity index (χ1v) is 11.0. The van der Waals surface area contributed by atoms with Crippen molar-refractivity contribution in [1.29, 1.82) is 0 Å². The highest BCUT2D eigenvalue weighted by Crippen LogP contribution is 2.33. The maximum absolute atomic E-state index is 13.3. The number of rotatable bonds is 9. The van der Waals surface area contributed by atoms with Gasteiger partial charge in [0.1, 0.15) is 5.82 Å². The molecule has 3 aromatic carbocycles. The Labute approximate surface area is 188 Å². The van der Waals surface area contributed by atoms with Crippen LogP contribution in [0.5, 0.6) is 0 Å². The van der Waals surface area contributed by atoms with Crippen LogP contribution in [0, 0.1) is 11.7 Å². The Bertz CT molecular complexity index is 1060. The lowest BCUT2D eigenvalue weighted by molar-refractivity contribution is -0.120. The third kappa shape index (κ3) is 6.03. The van der Waals surface area contributed by atoms with Gasteiger partial charge in [-0.3, -0.25) is 9.59 Å². The molecular weight excluding hydrogens is 403 g/mol. The molecule has 4 rings (SSSR count). The average molecular weight is 431 g/mol. The Morgan fingerprint density at radius 2 is 1.59 bits per heavy atom. The largest absolute Gasteiger partial charge is 0.355 e. The van der Waals surface area contributed by atoms with E-state index in [4.69, 9.17) is 0 Å². The highest BCUT2D eigenvalue weighted by Gasteiger charge is 2.34. The van der Waals surface area contributed by atoms with Gasteiger partial charge in [0.15, 0.2) is 0 Å². The Morgan fingerprint density at radius 3 is 2.31 bits per heavy atom. The van der Waals surface area contributed by atoms with E-state index in [9.17, 15) is 14.0 Å². The van der Waals surface area contributed by atoms with Crippen LogP contribution in [-0.2, 0) is 29.0 Å². The summed E-state index contributed by atoms with van der Waals surface area (Å²) in [6.45, 7) is 0.960. The van der Waals surface area contributed by atoms with E-state index < -0.39 is 0 Å². The monoisotopic (exact) mass is 430 g/mol. The van der Waals surface area contributed by atoms with E-state index in [0.29, 0.717) is 13.1 Å². The molecule has 0 spiro atoms. The predicted octanol–water partition coefficient (Wildman–Crippen LogP) is 4.67. The van der Waals surface area contributed by atoms with E-state index in [2.05, 4.69) is 5.32 Å². The first-order valence-electron chi connectivity index (χ1n) is 11.0. The van der Waals surface area contributed by atoms with Crippen molar-refractivity contribution in [2.45, 2.75) is 32.2 Å². The van der Waals surface area contributed by atoms with Gasteiger partial charge in [-0.15, -0.1) is 0 Å². The Hall–Kier alpha value is -3.47. The second-order valence-corrected chi connectivity index (χ2v) is 8.26. The molecule has 0 aromatic heterocycles. The molecule has 164 valence electrons. The summed E-state index contributed by atoms with van der Waals surface area (Å²) >= 11 is 0. The summed E-state index contributed by atoms with van der Waals surface area (Å²) in [6, 6.07) is 23.8. The van der Waals surface area contributed by atoms with Gasteiger partial charge >= 0.3 is 0 Å². The van der Waals surface area contributed by atoms with Crippen molar-refractivity contribution in [3.8, 4) is 0 Å². The fourth-order valence-corrected chi connectivity index (χ4v) is 3.69. The first kappa shape index (κ1) is 21.8. The third-order valence-corrected chi connectivity index (χ3v) is 5.61. The van der Waals surface area contributed by atoms with Crippen LogP contribution in [0.25, 0.3) is 0 Å². The number of anilines is 1. The Morgan fingerprint density at radius 1 is 0.875 bits per heavy atom. The molecule has 0 aliphatic heterocycles. The number of carbonyl (C=O) groups excluding carboxylic acids is 2. The van der Waals surface area contributed by atoms with Crippen molar-refractivity contribution >= 4 is 17.5 Å². The number of amides is 2. The van der Waals surface area contributed by atoms with E-state index in [-0.39, 0.29) is 30.0 Å². The lowest BCUT2D eigenvalue weighted by atomic mass is 10.1. The highest BCUT2D eigenvalue weighted by atomic mass is 19.1. The topological polar surface area (TPSA) is 49.4 Å². The molecule has 4 nitrogen and oxygen atoms in total. The molecule has 0 unspecified atom stereocenters. The van der Waals surface area contributed by atoms with Crippen LogP contribution >= 0.6 is 0 Å². The number of nitrogens with one attached hydrogen (secondary N) is 1. The van der Waals surface area contributed by atoms with Crippen molar-refractivity contribution in [2.24, 2.45) is 5.92 Å². The van der Waals surface area contributed by atoms with Crippen molar-refractivity contribution in [2.75, 3.05) is 11.4 Å². The zero-order valence-corrected chi connectivity index (χ0v) is 18.0. The molecule has 1 N–H and O–H groups in total. The lowest BCUT2D eigenvalue weighted by Crippen LogP contribution is -2.32. The molecule has 0 saturated heterocycles. The van der Waals surface area contributed by atoms with Crippen LogP contribution in [0.15, 0.2) is 78.9 Å². The maximum atomic E-state index is 13.3. The summed E-state index contributed by atoms with van der Waals surface area (Å²) in [4.78, 5) is 27.1. The normalized spacial score (nSPS) is 12.9. The van der Waals surface area contributed by atoms with Crippen molar-refractivity contribution in [1.82, 2.24) is 5.32 Å². The highest BCUT2D eigenvalue weighted by molar-refractivity contribution is 5.96. The second-order valence-electron chi connectivity index (χ2n) is 8.26. The van der Waals surface area contributed by atoms with E-state index >= 15 is 0 Å². The van der Waals surface area contributed by atoms with Crippen molar-refractivity contribution in [3.05, 3.63) is 101 Å². The summed E-state index contributed by atoms with van der Waals surface area (Å²) < 4.78 is 13.3. The van der Waals surface area contributed by atoms with Gasteiger partial charge in [-0.1, -0.05) is 54.6 Å². The van der Waals surface area contributed by atoms with Gasteiger partial charge in [0.25, 0.3) is 0 Å². The Kier molecular flexibility index (Phi) is 6.95. The molecule has 0 radical (unpaired) electrons. The summed E-state index contributed by atoms with van der Waals surface area (Å²) in [6.07, 6.45) is 2.85. The maximum Gasteiger partial charge on any atom is 0.230 e. The number of nitrogens with zero attached hydrogens (tertiary/aromatic N) is 1. The number of benzene rings is 3. The van der Waals surface area contributed by atoms with Gasteiger partial charge in [0.2, 0.25) is 11.8 Å². The molecule has 0 atom stereocenters. The SMILES string of the molecule is O=C(Cc1cccc(N(Cc2ccc(F)cc2)C(=O)C2CC2)c1)NCCc1ccccc1. The fraction of sp³-hybridized carbons (Fsp3) is 0.259. The third-order valence-electron chi connectivity index (χ3n) is 5.61. The minimum absolute atomic E-state index is 0.0447. The minimum Gasteiger partial charge on any atom is -0.355 e. The quantitative estimate of drug-likeness (QED) is 0.536. The van der Waals surface area contributed by atoms with Gasteiger partial charge in [-0.25, -0.2) is 4.39 Å². The molecule has 1 aliphatic carbocycles. The van der Waals surface area contributed by atoms with E-state index in [1.807, 2.05) is 54.6 Å². The molecule has 1 saturated carbocycles. The predicted molar refractivity (Wildman–Crippen MR) is 124 cm³/mol. The molecule has 0 heterocycles. The number of halogens is 1. The van der Waals surface area contributed by atoms with Gasteiger partial charge < -0.3 is 10.2 Å². The van der Waals surface area contributed by atoms with Gasteiger partial charge in [-0.05, 0) is 60.2 Å². The molecule has 1 fully saturated rings. The second kappa shape index (κ2) is 10.2. The van der Waals surface area contributed by atoms with Crippen molar-refractivity contribution < 1.29 is 14.0 Å². The van der Waals surface area contributed by atoms with Crippen LogP contribution in [0.4, 0.5) is 10.1 Å². The lowest BCUT2D eigenvalue weighted by Gasteiger charge is -2.24. The van der Waals surface area contributed by atoms with E-state index in [0.717, 1.165) is 36.1 Å². The van der Waals surface area contributed by atoms with Gasteiger partial charge in [0.05, 0.1) is 13.0 Å². The zero-order chi connectivity index (χ0) is 22.3. The molecule has 0 bridgehead atoms. The molecular formula is C27H27FN2O2. The molecule has 2 amide bonds. The summed E-state index contributed by atoms with van der Waals surface area (Å²) in [7, 11) is 0. The summed E-state index contributed by atoms with van der Waals surface area (Å²) in [5, 5.41) is 2.97. The minimum atomic E-state index is -0.297. The number of carbonyl (C=O) groups is 2. The first-order chi connectivity index (χ1) is 15.6. The van der Waals surface area contributed by atoms with Crippen LogP contribution < -0.4 is 10.2 Å². The number of hydrogen-bond acceptors (Lipinski definition) is 2. The molecule has 3 aromatic rings. The van der Waals surface area contributed by atoms with E-state index in [1.165, 1.54) is 17.7 Å². The van der Waals surface area contributed by atoms with Crippen molar-refractivity contribution in [3.63, 3.8) is 0 Å². The van der Waals surface area contributed by atoms with E-state index in [1.54, 1.807) is 17.0 Å². The van der Waals surface area contributed by atoms with Gasteiger partial charge in [-0.2, -0.15) is 0 Å². The molecule has 5 heteroatoms. The Balaban J connectivity index is 1.41. The molecule has 1 aliphatic rings. The summed E-state index contributed by atoms with van der Waals surface area (Å²) in [5.41, 5.74) is 3.67. The smallest absolute Gasteiger partial charge is 0.230 e. The zero-order valence-electron chi connectivity index (χ0n) is 18.0. The average Bonchev–Trinajstić information content (AvgIpc) is 3.65.